The van der Waals surface area contributed by atoms with Crippen LogP contribution in [-0.2, 0) is 9.53 Å². The lowest BCUT2D eigenvalue weighted by Gasteiger charge is -2.38. The second-order valence-electron chi connectivity index (χ2n) is 8.79. The van der Waals surface area contributed by atoms with Crippen molar-refractivity contribution < 1.29 is 14.3 Å². The molecule has 1 atom stereocenters. The fourth-order valence-electron chi connectivity index (χ4n) is 4.28. The molecule has 0 spiro atoms. The van der Waals surface area contributed by atoms with Crippen molar-refractivity contribution in [2.45, 2.75) is 38.7 Å². The minimum absolute atomic E-state index is 0.0633. The lowest BCUT2D eigenvalue weighted by Crippen LogP contribution is -2.52. The summed E-state index contributed by atoms with van der Waals surface area (Å²) in [6, 6.07) is 5.39. The number of rotatable bonds is 7. The quantitative estimate of drug-likeness (QED) is 0.750. The normalized spacial score (nSPS) is 24.0. The highest BCUT2D eigenvalue weighted by Gasteiger charge is 2.31. The molecule has 0 aromatic carbocycles. The van der Waals surface area contributed by atoms with E-state index in [1.165, 1.54) is 19.4 Å². The van der Waals surface area contributed by atoms with Gasteiger partial charge in [0.1, 0.15) is 12.3 Å². The number of carbonyl (C=O) groups is 2. The molecular formula is C22H32N4O3. The van der Waals surface area contributed by atoms with Crippen LogP contribution < -0.4 is 5.32 Å². The van der Waals surface area contributed by atoms with Crippen molar-refractivity contribution in [3.05, 3.63) is 29.6 Å². The van der Waals surface area contributed by atoms with Crippen molar-refractivity contribution in [2.24, 2.45) is 11.8 Å². The third-order valence-electron chi connectivity index (χ3n) is 6.23. The first-order valence-electron chi connectivity index (χ1n) is 10.9. The number of carbonyl (C=O) groups excluding carboxylic acids is 2. The minimum atomic E-state index is -0.205. The predicted octanol–water partition coefficient (Wildman–Crippen LogP) is 1.47. The van der Waals surface area contributed by atoms with Gasteiger partial charge in [-0.2, -0.15) is 0 Å². The number of nitrogens with zero attached hydrogens (tertiary/aromatic N) is 3. The zero-order chi connectivity index (χ0) is 20.2. The van der Waals surface area contributed by atoms with Crippen LogP contribution >= 0.6 is 0 Å². The lowest BCUT2D eigenvalue weighted by molar-refractivity contribution is -0.149. The Labute approximate surface area is 172 Å². The number of ether oxygens (including phenoxy) is 1. The van der Waals surface area contributed by atoms with Crippen LogP contribution in [0.1, 0.15) is 41.9 Å². The molecule has 1 aliphatic carbocycles. The van der Waals surface area contributed by atoms with Gasteiger partial charge in [0.15, 0.2) is 0 Å². The highest BCUT2D eigenvalue weighted by Crippen LogP contribution is 2.31. The number of piperidine rings is 1. The van der Waals surface area contributed by atoms with Gasteiger partial charge in [0.05, 0.1) is 6.10 Å². The molecule has 0 unspecified atom stereocenters. The van der Waals surface area contributed by atoms with Crippen molar-refractivity contribution in [1.29, 1.82) is 0 Å². The van der Waals surface area contributed by atoms with Crippen LogP contribution in [0.25, 0.3) is 0 Å². The van der Waals surface area contributed by atoms with Crippen molar-refractivity contribution in [2.75, 3.05) is 45.9 Å². The smallest absolute Gasteiger partial charge is 0.269 e. The van der Waals surface area contributed by atoms with Crippen molar-refractivity contribution in [1.82, 2.24) is 20.1 Å². The second kappa shape index (κ2) is 9.22. The van der Waals surface area contributed by atoms with Gasteiger partial charge in [-0.3, -0.25) is 9.59 Å². The Morgan fingerprint density at radius 3 is 2.66 bits per heavy atom. The third kappa shape index (κ3) is 5.76. The second-order valence-corrected chi connectivity index (χ2v) is 8.79. The van der Waals surface area contributed by atoms with Crippen LogP contribution in [0, 0.1) is 18.8 Å². The van der Waals surface area contributed by atoms with Gasteiger partial charge in [-0.15, -0.1) is 0 Å². The SMILES string of the molecule is Cc1cccc(C(=O)NC[C@H]2CN(CC3CCN(CC4CC4)CC3)C(=O)CO2)n1. The van der Waals surface area contributed by atoms with Gasteiger partial charge in [-0.25, -0.2) is 4.98 Å². The number of nitrogens with one attached hydrogen (secondary N) is 1. The summed E-state index contributed by atoms with van der Waals surface area (Å²) in [5, 5.41) is 2.89. The molecule has 7 heteroatoms. The zero-order valence-electron chi connectivity index (χ0n) is 17.3. The molecule has 7 nitrogen and oxygen atoms in total. The first-order valence-corrected chi connectivity index (χ1v) is 10.9. The molecule has 0 radical (unpaired) electrons. The Morgan fingerprint density at radius 1 is 1.17 bits per heavy atom. The highest BCUT2D eigenvalue weighted by atomic mass is 16.5. The van der Waals surface area contributed by atoms with Crippen LogP contribution in [0.5, 0.6) is 0 Å². The number of hydrogen-bond acceptors (Lipinski definition) is 5. The van der Waals surface area contributed by atoms with Crippen LogP contribution in [0.2, 0.25) is 0 Å². The number of morpholine rings is 1. The molecule has 2 saturated heterocycles. The summed E-state index contributed by atoms with van der Waals surface area (Å²) in [6.45, 7) is 7.28. The summed E-state index contributed by atoms with van der Waals surface area (Å²) in [4.78, 5) is 33.4. The molecule has 4 rings (SSSR count). The topological polar surface area (TPSA) is 74.8 Å². The monoisotopic (exact) mass is 400 g/mol. The van der Waals surface area contributed by atoms with E-state index in [0.717, 1.165) is 44.1 Å². The summed E-state index contributed by atoms with van der Waals surface area (Å²) in [7, 11) is 0. The Balaban J connectivity index is 1.21. The molecule has 2 amide bonds. The third-order valence-corrected chi connectivity index (χ3v) is 6.23. The van der Waals surface area contributed by atoms with Gasteiger partial charge in [0.25, 0.3) is 5.91 Å². The van der Waals surface area contributed by atoms with E-state index >= 15 is 0 Å². The van der Waals surface area contributed by atoms with Crippen LogP contribution in [0.15, 0.2) is 18.2 Å². The molecule has 1 aromatic heterocycles. The molecule has 29 heavy (non-hydrogen) atoms. The van der Waals surface area contributed by atoms with Crippen molar-refractivity contribution in [3.8, 4) is 0 Å². The number of likely N-dealkylation sites (tertiary alicyclic amines) is 1. The maximum absolute atomic E-state index is 12.3. The van der Waals surface area contributed by atoms with Crippen LogP contribution in [-0.4, -0.2) is 78.6 Å². The van der Waals surface area contributed by atoms with E-state index in [2.05, 4.69) is 15.2 Å². The van der Waals surface area contributed by atoms with Crippen LogP contribution in [0.4, 0.5) is 0 Å². The zero-order valence-corrected chi connectivity index (χ0v) is 17.3. The molecule has 1 N–H and O–H groups in total. The Kier molecular flexibility index (Phi) is 6.45. The standard InChI is InChI=1S/C22H32N4O3/c1-16-3-2-4-20(24-16)22(28)23-11-19-14-26(21(27)15-29-19)13-18-7-9-25(10-8-18)12-17-5-6-17/h2-4,17-19H,5-15H2,1H3,(H,23,28)/t19-/m0/s1. The molecular weight excluding hydrogens is 368 g/mol. The van der Waals surface area contributed by atoms with Gasteiger partial charge >= 0.3 is 0 Å². The van der Waals surface area contributed by atoms with Crippen LogP contribution in [0.3, 0.4) is 0 Å². The largest absolute Gasteiger partial charge is 0.365 e. The Bertz CT molecular complexity index is 729. The first kappa shape index (κ1) is 20.3. The summed E-state index contributed by atoms with van der Waals surface area (Å²) >= 11 is 0. The number of aryl methyl sites for hydroxylation is 1. The minimum Gasteiger partial charge on any atom is -0.365 e. The van der Waals surface area contributed by atoms with E-state index in [9.17, 15) is 9.59 Å². The Hall–Kier alpha value is -1.99. The van der Waals surface area contributed by atoms with E-state index < -0.39 is 0 Å². The number of amides is 2. The van der Waals surface area contributed by atoms with E-state index in [1.807, 2.05) is 24.0 Å². The van der Waals surface area contributed by atoms with Crippen molar-refractivity contribution in [3.63, 3.8) is 0 Å². The molecule has 2 aliphatic heterocycles. The maximum Gasteiger partial charge on any atom is 0.269 e. The number of aromatic nitrogens is 1. The molecule has 1 aromatic rings. The van der Waals surface area contributed by atoms with Gasteiger partial charge in [0, 0.05) is 31.9 Å². The lowest BCUT2D eigenvalue weighted by atomic mass is 9.95. The van der Waals surface area contributed by atoms with Gasteiger partial charge in [-0.05, 0) is 69.7 Å². The van der Waals surface area contributed by atoms with Gasteiger partial charge in [0.2, 0.25) is 5.91 Å². The van der Waals surface area contributed by atoms with E-state index in [1.54, 1.807) is 6.07 Å². The average molecular weight is 401 g/mol. The average Bonchev–Trinajstić information content (AvgIpc) is 3.54. The summed E-state index contributed by atoms with van der Waals surface area (Å²) < 4.78 is 5.65. The first-order chi connectivity index (χ1) is 14.1. The van der Waals surface area contributed by atoms with Gasteiger partial charge in [-0.1, -0.05) is 6.07 Å². The number of hydrogen-bond donors (Lipinski definition) is 1. The molecule has 3 heterocycles. The summed E-state index contributed by atoms with van der Waals surface area (Å²) in [5.74, 6) is 1.37. The van der Waals surface area contributed by atoms with Crippen molar-refractivity contribution >= 4 is 11.8 Å². The van der Waals surface area contributed by atoms with Gasteiger partial charge < -0.3 is 19.9 Å². The van der Waals surface area contributed by atoms with E-state index in [4.69, 9.17) is 4.74 Å². The molecule has 1 saturated carbocycles. The summed E-state index contributed by atoms with van der Waals surface area (Å²) in [5.41, 5.74) is 1.22. The molecule has 0 bridgehead atoms. The fraction of sp³-hybridized carbons (Fsp3) is 0.682. The highest BCUT2D eigenvalue weighted by molar-refractivity contribution is 5.92. The molecule has 158 valence electrons. The Morgan fingerprint density at radius 2 is 1.93 bits per heavy atom. The predicted molar refractivity (Wildman–Crippen MR) is 110 cm³/mol. The molecule has 3 aliphatic rings. The van der Waals surface area contributed by atoms with E-state index in [-0.39, 0.29) is 24.5 Å². The summed E-state index contributed by atoms with van der Waals surface area (Å²) in [6.07, 6.45) is 4.96. The van der Waals surface area contributed by atoms with E-state index in [0.29, 0.717) is 24.7 Å². The maximum atomic E-state index is 12.3. The fourth-order valence-corrected chi connectivity index (χ4v) is 4.28. The number of pyridine rings is 1. The molecule has 3 fully saturated rings.